The van der Waals surface area contributed by atoms with Crippen LogP contribution < -0.4 is 9.47 Å². The van der Waals surface area contributed by atoms with Crippen LogP contribution in [0.2, 0.25) is 0 Å². The summed E-state index contributed by atoms with van der Waals surface area (Å²) >= 11 is 0. The number of carbonyl (C=O) groups is 1. The van der Waals surface area contributed by atoms with Crippen molar-refractivity contribution in [3.63, 3.8) is 0 Å². The molecule has 6 nitrogen and oxygen atoms in total. The second kappa shape index (κ2) is 6.61. The maximum Gasteiger partial charge on any atom is 0.323 e. The Morgan fingerprint density at radius 3 is 2.54 bits per heavy atom. The lowest BCUT2D eigenvalue weighted by atomic mass is 10.1. The minimum atomic E-state index is -0.0530. The van der Waals surface area contributed by atoms with Gasteiger partial charge in [0.25, 0.3) is 0 Å². The van der Waals surface area contributed by atoms with Crippen LogP contribution >= 0.6 is 0 Å². The molecule has 6 heteroatoms. The zero-order chi connectivity index (χ0) is 16.5. The van der Waals surface area contributed by atoms with E-state index in [0.29, 0.717) is 13.2 Å². The smallest absolute Gasteiger partial charge is 0.323 e. The first kappa shape index (κ1) is 15.7. The van der Waals surface area contributed by atoms with Crippen LogP contribution in [0, 0.1) is 0 Å². The number of nitrogens with zero attached hydrogens (tertiary/aromatic N) is 2. The van der Waals surface area contributed by atoms with Gasteiger partial charge in [-0.1, -0.05) is 6.07 Å². The van der Waals surface area contributed by atoms with Crippen LogP contribution in [-0.2, 0) is 16.1 Å². The number of fused-ring (bicyclic) bond motifs is 1. The van der Waals surface area contributed by atoms with E-state index in [0.717, 1.165) is 50.6 Å². The fourth-order valence-electron chi connectivity index (χ4n) is 3.71. The van der Waals surface area contributed by atoms with Crippen molar-refractivity contribution in [2.24, 2.45) is 0 Å². The number of ether oxygens (including phenoxy) is 3. The molecule has 0 saturated carbocycles. The molecule has 4 rings (SSSR count). The summed E-state index contributed by atoms with van der Waals surface area (Å²) in [7, 11) is 0. The molecule has 1 aromatic carbocycles. The molecular weight excluding hydrogens is 308 g/mol. The third-order valence-electron chi connectivity index (χ3n) is 5.01. The highest BCUT2D eigenvalue weighted by atomic mass is 16.6. The summed E-state index contributed by atoms with van der Waals surface area (Å²) in [6.07, 6.45) is 0.874. The molecule has 0 spiro atoms. The maximum atomic E-state index is 11.9. The van der Waals surface area contributed by atoms with Gasteiger partial charge in [-0.25, -0.2) is 0 Å². The zero-order valence-corrected chi connectivity index (χ0v) is 14.1. The van der Waals surface area contributed by atoms with Gasteiger partial charge in [0.1, 0.15) is 25.4 Å². The SMILES string of the molecule is C[C@H]1C[C@H](N2CCN(Cc3ccc4c(c3)OCCO4)CC2)C(=O)O1. The van der Waals surface area contributed by atoms with Crippen LogP contribution in [0.3, 0.4) is 0 Å². The van der Waals surface area contributed by atoms with Crippen molar-refractivity contribution < 1.29 is 19.0 Å². The lowest BCUT2D eigenvalue weighted by Gasteiger charge is -2.36. The first-order chi connectivity index (χ1) is 11.7. The van der Waals surface area contributed by atoms with Crippen LogP contribution in [0.1, 0.15) is 18.9 Å². The molecule has 3 heterocycles. The van der Waals surface area contributed by atoms with Gasteiger partial charge in [-0.15, -0.1) is 0 Å². The van der Waals surface area contributed by atoms with Crippen LogP contribution in [0.4, 0.5) is 0 Å². The van der Waals surface area contributed by atoms with Gasteiger partial charge in [0, 0.05) is 39.1 Å². The Kier molecular flexibility index (Phi) is 4.33. The Labute approximate surface area is 142 Å². The van der Waals surface area contributed by atoms with Gasteiger partial charge >= 0.3 is 5.97 Å². The van der Waals surface area contributed by atoms with Crippen molar-refractivity contribution in [3.8, 4) is 11.5 Å². The summed E-state index contributed by atoms with van der Waals surface area (Å²) in [6, 6.07) is 6.14. The predicted molar refractivity (Wildman–Crippen MR) is 88.2 cm³/mol. The summed E-state index contributed by atoms with van der Waals surface area (Å²) in [5.74, 6) is 1.63. The number of hydrogen-bond acceptors (Lipinski definition) is 6. The summed E-state index contributed by atoms with van der Waals surface area (Å²) < 4.78 is 16.5. The van der Waals surface area contributed by atoms with Gasteiger partial charge < -0.3 is 14.2 Å². The van der Waals surface area contributed by atoms with E-state index >= 15 is 0 Å². The van der Waals surface area contributed by atoms with Gasteiger partial charge in [0.15, 0.2) is 11.5 Å². The van der Waals surface area contributed by atoms with Crippen molar-refractivity contribution in [3.05, 3.63) is 23.8 Å². The number of piperazine rings is 1. The molecule has 0 aliphatic carbocycles. The Bertz CT molecular complexity index is 613. The summed E-state index contributed by atoms with van der Waals surface area (Å²) in [6.45, 7) is 7.86. The second-order valence-electron chi connectivity index (χ2n) is 6.79. The molecule has 0 radical (unpaired) electrons. The quantitative estimate of drug-likeness (QED) is 0.777. The molecule has 3 aliphatic heterocycles. The number of carbonyl (C=O) groups excluding carboxylic acids is 1. The average molecular weight is 332 g/mol. The first-order valence-corrected chi connectivity index (χ1v) is 8.74. The first-order valence-electron chi connectivity index (χ1n) is 8.74. The van der Waals surface area contributed by atoms with E-state index in [9.17, 15) is 4.79 Å². The third-order valence-corrected chi connectivity index (χ3v) is 5.01. The molecule has 3 aliphatic rings. The van der Waals surface area contributed by atoms with Crippen LogP contribution in [0.25, 0.3) is 0 Å². The van der Waals surface area contributed by atoms with Crippen LogP contribution in [-0.4, -0.2) is 67.3 Å². The topological polar surface area (TPSA) is 51.2 Å². The van der Waals surface area contributed by atoms with E-state index in [-0.39, 0.29) is 18.1 Å². The molecule has 1 aromatic rings. The van der Waals surface area contributed by atoms with E-state index in [2.05, 4.69) is 21.9 Å². The zero-order valence-electron chi connectivity index (χ0n) is 14.1. The van der Waals surface area contributed by atoms with Gasteiger partial charge in [0.05, 0.1) is 0 Å². The fourth-order valence-corrected chi connectivity index (χ4v) is 3.71. The van der Waals surface area contributed by atoms with E-state index in [1.54, 1.807) is 0 Å². The molecule has 2 saturated heterocycles. The van der Waals surface area contributed by atoms with Gasteiger partial charge in [-0.05, 0) is 24.6 Å². The molecule has 24 heavy (non-hydrogen) atoms. The Hall–Kier alpha value is -1.79. The number of hydrogen-bond donors (Lipinski definition) is 0. The number of esters is 1. The van der Waals surface area contributed by atoms with E-state index < -0.39 is 0 Å². The molecule has 2 fully saturated rings. The summed E-state index contributed by atoms with van der Waals surface area (Å²) in [5.41, 5.74) is 1.24. The van der Waals surface area contributed by atoms with Crippen molar-refractivity contribution in [1.29, 1.82) is 0 Å². The lowest BCUT2D eigenvalue weighted by Crippen LogP contribution is -2.51. The predicted octanol–water partition coefficient (Wildman–Crippen LogP) is 1.28. The number of benzene rings is 1. The number of cyclic esters (lactones) is 1. The molecule has 0 amide bonds. The molecule has 0 aromatic heterocycles. The summed E-state index contributed by atoms with van der Waals surface area (Å²) in [5, 5.41) is 0. The second-order valence-corrected chi connectivity index (χ2v) is 6.79. The van der Waals surface area contributed by atoms with Gasteiger partial charge in [-0.2, -0.15) is 0 Å². The summed E-state index contributed by atoms with van der Waals surface area (Å²) in [4.78, 5) is 16.6. The molecule has 0 unspecified atom stereocenters. The van der Waals surface area contributed by atoms with Crippen LogP contribution in [0.15, 0.2) is 18.2 Å². The average Bonchev–Trinajstić information content (AvgIpc) is 2.94. The maximum absolute atomic E-state index is 11.9. The van der Waals surface area contributed by atoms with E-state index in [4.69, 9.17) is 14.2 Å². The Morgan fingerprint density at radius 2 is 1.83 bits per heavy atom. The van der Waals surface area contributed by atoms with E-state index in [1.165, 1.54) is 5.56 Å². The molecule has 0 N–H and O–H groups in total. The highest BCUT2D eigenvalue weighted by molar-refractivity contribution is 5.78. The normalized spacial score (nSPS) is 28.0. The standard InChI is InChI=1S/C18H24N2O4/c1-13-10-15(18(21)24-13)20-6-4-19(5-7-20)12-14-2-3-16-17(11-14)23-9-8-22-16/h2-3,11,13,15H,4-10,12H2,1H3/t13-,15-/m0/s1. The fraction of sp³-hybridized carbons (Fsp3) is 0.611. The van der Waals surface area contributed by atoms with Crippen molar-refractivity contribution >= 4 is 5.97 Å². The van der Waals surface area contributed by atoms with Crippen molar-refractivity contribution in [2.75, 3.05) is 39.4 Å². The number of rotatable bonds is 3. The molecule has 2 atom stereocenters. The van der Waals surface area contributed by atoms with Crippen molar-refractivity contribution in [1.82, 2.24) is 9.80 Å². The highest BCUT2D eigenvalue weighted by Crippen LogP contribution is 2.31. The molecule has 130 valence electrons. The minimum absolute atomic E-state index is 0.0450. The Balaban J connectivity index is 1.32. The minimum Gasteiger partial charge on any atom is -0.486 e. The van der Waals surface area contributed by atoms with Gasteiger partial charge in [0.2, 0.25) is 0 Å². The van der Waals surface area contributed by atoms with Crippen LogP contribution in [0.5, 0.6) is 11.5 Å². The molecule has 0 bridgehead atoms. The van der Waals surface area contributed by atoms with Gasteiger partial charge in [-0.3, -0.25) is 14.6 Å². The van der Waals surface area contributed by atoms with E-state index in [1.807, 2.05) is 13.0 Å². The third kappa shape index (κ3) is 3.21. The molecular formula is C18H24N2O4. The monoisotopic (exact) mass is 332 g/mol. The largest absolute Gasteiger partial charge is 0.486 e. The highest BCUT2D eigenvalue weighted by Gasteiger charge is 2.37. The lowest BCUT2D eigenvalue weighted by molar-refractivity contribution is -0.145. The van der Waals surface area contributed by atoms with Crippen molar-refractivity contribution in [2.45, 2.75) is 32.0 Å². The Morgan fingerprint density at radius 1 is 1.08 bits per heavy atom.